The van der Waals surface area contributed by atoms with Crippen LogP contribution in [0.2, 0.25) is 0 Å². The van der Waals surface area contributed by atoms with Crippen LogP contribution in [0, 0.1) is 5.21 Å². The Bertz CT molecular complexity index is 761. The standard InChI is InChI=1S/C19H22N2O4/c1-4-13(2)15-9-5-6-10-16(15)20-18(22)14(3)25-19(23)17-11-7-8-12-21(17)24/h5-14H,4H2,1-3H3,(H,20,22)/t13-,14+/m0/s1. The summed E-state index contributed by atoms with van der Waals surface area (Å²) >= 11 is 0. The number of ether oxygens (including phenoxy) is 1. The van der Waals surface area contributed by atoms with Gasteiger partial charge in [-0.25, -0.2) is 4.79 Å². The predicted octanol–water partition coefficient (Wildman–Crippen LogP) is 3.02. The Morgan fingerprint density at radius 1 is 1.16 bits per heavy atom. The third-order valence-electron chi connectivity index (χ3n) is 4.05. The molecule has 0 bridgehead atoms. The zero-order valence-electron chi connectivity index (χ0n) is 14.6. The van der Waals surface area contributed by atoms with Gasteiger partial charge >= 0.3 is 11.7 Å². The van der Waals surface area contributed by atoms with Crippen LogP contribution in [0.3, 0.4) is 0 Å². The van der Waals surface area contributed by atoms with Crippen LogP contribution in [-0.2, 0) is 9.53 Å². The van der Waals surface area contributed by atoms with E-state index in [4.69, 9.17) is 4.74 Å². The molecule has 1 aromatic heterocycles. The summed E-state index contributed by atoms with van der Waals surface area (Å²) in [4.78, 5) is 24.4. The molecule has 2 rings (SSSR count). The van der Waals surface area contributed by atoms with E-state index in [0.717, 1.165) is 12.0 Å². The van der Waals surface area contributed by atoms with E-state index in [2.05, 4.69) is 19.2 Å². The molecule has 6 nitrogen and oxygen atoms in total. The molecular formula is C19H22N2O4. The molecule has 0 aliphatic carbocycles. The lowest BCUT2D eigenvalue weighted by Crippen LogP contribution is -2.37. The molecule has 1 N–H and O–H groups in total. The average molecular weight is 342 g/mol. The van der Waals surface area contributed by atoms with Crippen molar-refractivity contribution in [3.05, 3.63) is 65.1 Å². The zero-order valence-corrected chi connectivity index (χ0v) is 14.6. The Kier molecular flexibility index (Phi) is 6.11. The Balaban J connectivity index is 2.06. The number of hydrogen-bond acceptors (Lipinski definition) is 4. The minimum Gasteiger partial charge on any atom is -0.618 e. The van der Waals surface area contributed by atoms with Gasteiger partial charge < -0.3 is 15.3 Å². The number of anilines is 1. The number of hydrogen-bond donors (Lipinski definition) is 1. The topological polar surface area (TPSA) is 82.3 Å². The second-order valence-corrected chi connectivity index (χ2v) is 5.85. The second kappa shape index (κ2) is 8.28. The van der Waals surface area contributed by atoms with Gasteiger partial charge in [-0.05, 0) is 37.0 Å². The van der Waals surface area contributed by atoms with Crippen LogP contribution in [0.1, 0.15) is 49.2 Å². The number of nitrogens with zero attached hydrogens (tertiary/aromatic N) is 1. The van der Waals surface area contributed by atoms with Crippen LogP contribution in [0.5, 0.6) is 0 Å². The van der Waals surface area contributed by atoms with E-state index < -0.39 is 18.0 Å². The quantitative estimate of drug-likeness (QED) is 0.497. The number of rotatable bonds is 6. The molecule has 0 saturated heterocycles. The molecule has 0 spiro atoms. The number of esters is 1. The first-order valence-electron chi connectivity index (χ1n) is 8.23. The van der Waals surface area contributed by atoms with Gasteiger partial charge in [0, 0.05) is 17.8 Å². The maximum absolute atomic E-state index is 12.4. The van der Waals surface area contributed by atoms with Gasteiger partial charge in [-0.15, -0.1) is 0 Å². The van der Waals surface area contributed by atoms with Gasteiger partial charge in [0.15, 0.2) is 12.3 Å². The van der Waals surface area contributed by atoms with E-state index in [1.165, 1.54) is 25.3 Å². The van der Waals surface area contributed by atoms with Gasteiger partial charge in [0.1, 0.15) is 0 Å². The van der Waals surface area contributed by atoms with Crippen molar-refractivity contribution in [3.63, 3.8) is 0 Å². The molecule has 0 aliphatic heterocycles. The summed E-state index contributed by atoms with van der Waals surface area (Å²) in [6.45, 7) is 5.62. The van der Waals surface area contributed by atoms with Crippen molar-refractivity contribution in [2.24, 2.45) is 0 Å². The van der Waals surface area contributed by atoms with Gasteiger partial charge in [0.05, 0.1) is 0 Å². The summed E-state index contributed by atoms with van der Waals surface area (Å²) in [6, 6.07) is 11.9. The summed E-state index contributed by atoms with van der Waals surface area (Å²) in [5, 5.41) is 14.4. The number of carbonyl (C=O) groups is 2. The summed E-state index contributed by atoms with van der Waals surface area (Å²) in [5.74, 6) is -0.996. The Morgan fingerprint density at radius 2 is 1.84 bits per heavy atom. The monoisotopic (exact) mass is 342 g/mol. The summed E-state index contributed by atoms with van der Waals surface area (Å²) in [6.07, 6.45) is 1.11. The van der Waals surface area contributed by atoms with E-state index in [9.17, 15) is 14.8 Å². The third kappa shape index (κ3) is 4.56. The molecule has 0 fully saturated rings. The molecule has 2 atom stereocenters. The summed E-state index contributed by atoms with van der Waals surface area (Å²) < 4.78 is 5.51. The Morgan fingerprint density at radius 3 is 2.52 bits per heavy atom. The van der Waals surface area contributed by atoms with E-state index >= 15 is 0 Å². The molecule has 25 heavy (non-hydrogen) atoms. The fourth-order valence-corrected chi connectivity index (χ4v) is 2.36. The third-order valence-corrected chi connectivity index (χ3v) is 4.05. The van der Waals surface area contributed by atoms with Gasteiger partial charge in [0.2, 0.25) is 0 Å². The fraction of sp³-hybridized carbons (Fsp3) is 0.316. The number of nitrogens with one attached hydrogen (secondary N) is 1. The highest BCUT2D eigenvalue weighted by Crippen LogP contribution is 2.26. The lowest BCUT2D eigenvalue weighted by Gasteiger charge is -2.18. The van der Waals surface area contributed by atoms with Crippen LogP contribution in [0.4, 0.5) is 5.69 Å². The number of pyridine rings is 1. The molecule has 6 heteroatoms. The summed E-state index contributed by atoms with van der Waals surface area (Å²) in [7, 11) is 0. The van der Waals surface area contributed by atoms with Crippen molar-refractivity contribution in [1.29, 1.82) is 0 Å². The Labute approximate surface area is 147 Å². The zero-order chi connectivity index (χ0) is 18.4. The van der Waals surface area contributed by atoms with Crippen molar-refractivity contribution in [2.45, 2.75) is 39.2 Å². The normalized spacial score (nSPS) is 12.9. The molecule has 0 aliphatic rings. The molecule has 0 radical (unpaired) electrons. The highest BCUT2D eigenvalue weighted by molar-refractivity contribution is 5.97. The maximum atomic E-state index is 12.4. The minimum absolute atomic E-state index is 0.165. The first kappa shape index (κ1) is 18.4. The fourth-order valence-electron chi connectivity index (χ4n) is 2.36. The molecule has 0 unspecified atom stereocenters. The first-order valence-corrected chi connectivity index (χ1v) is 8.23. The number of amides is 1. The number of aromatic nitrogens is 1. The molecule has 1 heterocycles. The molecular weight excluding hydrogens is 320 g/mol. The molecule has 1 amide bonds. The van der Waals surface area contributed by atoms with Crippen LogP contribution in [0.25, 0.3) is 0 Å². The van der Waals surface area contributed by atoms with E-state index in [1.807, 2.05) is 24.3 Å². The highest BCUT2D eigenvalue weighted by Gasteiger charge is 2.24. The molecule has 2 aromatic rings. The van der Waals surface area contributed by atoms with Crippen molar-refractivity contribution >= 4 is 17.6 Å². The van der Waals surface area contributed by atoms with E-state index in [0.29, 0.717) is 10.4 Å². The number of carbonyl (C=O) groups excluding carboxylic acids is 2. The van der Waals surface area contributed by atoms with Crippen molar-refractivity contribution in [2.75, 3.05) is 5.32 Å². The SMILES string of the molecule is CC[C@H](C)c1ccccc1NC(=O)[C@@H](C)OC(=O)c1cccc[n+]1[O-]. The highest BCUT2D eigenvalue weighted by atomic mass is 16.6. The van der Waals surface area contributed by atoms with E-state index in [-0.39, 0.29) is 11.6 Å². The lowest BCUT2D eigenvalue weighted by molar-refractivity contribution is -0.608. The minimum atomic E-state index is -1.03. The Hall–Kier alpha value is -2.89. The van der Waals surface area contributed by atoms with Crippen LogP contribution in [0.15, 0.2) is 48.7 Å². The van der Waals surface area contributed by atoms with Crippen molar-refractivity contribution < 1.29 is 19.1 Å². The largest absolute Gasteiger partial charge is 0.618 e. The average Bonchev–Trinajstić information content (AvgIpc) is 2.61. The van der Waals surface area contributed by atoms with Crippen LogP contribution < -0.4 is 10.0 Å². The summed E-state index contributed by atoms with van der Waals surface area (Å²) in [5.41, 5.74) is 1.56. The lowest BCUT2D eigenvalue weighted by atomic mass is 9.97. The molecule has 0 saturated carbocycles. The maximum Gasteiger partial charge on any atom is 0.405 e. The van der Waals surface area contributed by atoms with Gasteiger partial charge in [-0.3, -0.25) is 4.79 Å². The van der Waals surface area contributed by atoms with Crippen LogP contribution >= 0.6 is 0 Å². The van der Waals surface area contributed by atoms with E-state index in [1.54, 1.807) is 6.07 Å². The van der Waals surface area contributed by atoms with Crippen molar-refractivity contribution in [3.8, 4) is 0 Å². The van der Waals surface area contributed by atoms with Crippen LogP contribution in [-0.4, -0.2) is 18.0 Å². The first-order chi connectivity index (χ1) is 11.9. The van der Waals surface area contributed by atoms with Crippen molar-refractivity contribution in [1.82, 2.24) is 0 Å². The number of para-hydroxylation sites is 1. The predicted molar refractivity (Wildman–Crippen MR) is 94.1 cm³/mol. The molecule has 1 aromatic carbocycles. The van der Waals surface area contributed by atoms with Gasteiger partial charge in [-0.2, -0.15) is 4.73 Å². The second-order valence-electron chi connectivity index (χ2n) is 5.85. The van der Waals surface area contributed by atoms with Gasteiger partial charge in [-0.1, -0.05) is 32.0 Å². The van der Waals surface area contributed by atoms with Gasteiger partial charge in [0.25, 0.3) is 5.91 Å². The molecule has 132 valence electrons. The number of benzene rings is 1. The smallest absolute Gasteiger partial charge is 0.405 e.